The first kappa shape index (κ1) is 23.1. The summed E-state index contributed by atoms with van der Waals surface area (Å²) in [4.78, 5) is 43.3. The van der Waals surface area contributed by atoms with E-state index >= 15 is 0 Å². The number of hydrogen-bond donors (Lipinski definition) is 4. The smallest absolute Gasteiger partial charge is 0.278 e. The van der Waals surface area contributed by atoms with Gasteiger partial charge in [0, 0.05) is 36.6 Å². The number of likely N-dealkylation sites (tertiary alicyclic amines) is 1. The highest BCUT2D eigenvalue weighted by molar-refractivity contribution is 6.31. The number of nitrogens with two attached hydrogens (primary N) is 1. The number of nitrogens with zero attached hydrogens (tertiary/aromatic N) is 4. The number of nitrogen functional groups attached to an aromatic ring is 1. The Bertz CT molecular complexity index is 1330. The number of nitrogens with one attached hydrogen (secondary N) is 3. The van der Waals surface area contributed by atoms with Gasteiger partial charge >= 0.3 is 0 Å². The van der Waals surface area contributed by atoms with Crippen molar-refractivity contribution in [2.24, 2.45) is 4.99 Å². The molecule has 0 aliphatic carbocycles. The van der Waals surface area contributed by atoms with Crippen molar-refractivity contribution >= 4 is 46.1 Å². The van der Waals surface area contributed by atoms with Gasteiger partial charge in [-0.3, -0.25) is 19.9 Å². The zero-order valence-corrected chi connectivity index (χ0v) is 20.2. The number of aliphatic imine (C=N–C) groups is 1. The molecule has 1 fully saturated rings. The number of fused-ring (bicyclic) bond motifs is 1. The Morgan fingerprint density at radius 2 is 2.00 bits per heavy atom. The molecule has 2 aliphatic rings. The minimum Gasteiger partial charge on any atom is -0.381 e. The number of aromatic amines is 1. The van der Waals surface area contributed by atoms with Gasteiger partial charge in [0.05, 0.1) is 17.8 Å². The van der Waals surface area contributed by atoms with E-state index in [0.29, 0.717) is 44.1 Å². The lowest BCUT2D eigenvalue weighted by molar-refractivity contribution is -0.132. The van der Waals surface area contributed by atoms with Gasteiger partial charge in [0.1, 0.15) is 0 Å². The third kappa shape index (κ3) is 4.66. The van der Waals surface area contributed by atoms with Gasteiger partial charge < -0.3 is 20.9 Å². The SMILES string of the molecule is Cc1nc(N)c(Cl)nc1C(=O)NC1=NCC2(CCN(C(=O)CCc3c[nH]c4ccccc34)CC2)N1. The molecule has 10 nitrogen and oxygen atoms in total. The molecule has 1 spiro atoms. The summed E-state index contributed by atoms with van der Waals surface area (Å²) < 4.78 is 0. The van der Waals surface area contributed by atoms with Crippen LogP contribution in [0.4, 0.5) is 5.82 Å². The van der Waals surface area contributed by atoms with Crippen LogP contribution in [0.15, 0.2) is 35.5 Å². The van der Waals surface area contributed by atoms with Crippen molar-refractivity contribution in [3.63, 3.8) is 0 Å². The lowest BCUT2D eigenvalue weighted by atomic mass is 9.88. The second-order valence-corrected chi connectivity index (χ2v) is 9.46. The summed E-state index contributed by atoms with van der Waals surface area (Å²) in [7, 11) is 0. The number of rotatable bonds is 4. The summed E-state index contributed by atoms with van der Waals surface area (Å²) in [5, 5.41) is 7.26. The number of para-hydroxylation sites is 1. The maximum atomic E-state index is 12.9. The third-order valence-corrected chi connectivity index (χ3v) is 7.06. The van der Waals surface area contributed by atoms with Crippen LogP contribution in [0.1, 0.15) is 41.0 Å². The van der Waals surface area contributed by atoms with Crippen LogP contribution in [0.25, 0.3) is 10.9 Å². The van der Waals surface area contributed by atoms with Crippen LogP contribution in [0.5, 0.6) is 0 Å². The van der Waals surface area contributed by atoms with Gasteiger partial charge in [0.2, 0.25) is 5.91 Å². The van der Waals surface area contributed by atoms with Gasteiger partial charge in [-0.05, 0) is 37.8 Å². The molecule has 3 aromatic rings. The van der Waals surface area contributed by atoms with Gasteiger partial charge in [-0.15, -0.1) is 0 Å². The summed E-state index contributed by atoms with van der Waals surface area (Å²) >= 11 is 5.92. The van der Waals surface area contributed by atoms with Gasteiger partial charge in [-0.1, -0.05) is 29.8 Å². The Kier molecular flexibility index (Phi) is 6.06. The molecular formula is C24H27ClN8O2. The predicted octanol–water partition coefficient (Wildman–Crippen LogP) is 2.18. The summed E-state index contributed by atoms with van der Waals surface area (Å²) in [5.41, 5.74) is 8.11. The lowest BCUT2D eigenvalue weighted by Crippen LogP contribution is -2.57. The Morgan fingerprint density at radius 1 is 1.23 bits per heavy atom. The average molecular weight is 495 g/mol. The van der Waals surface area contributed by atoms with Crippen molar-refractivity contribution < 1.29 is 9.59 Å². The molecule has 35 heavy (non-hydrogen) atoms. The Hall–Kier alpha value is -3.66. The number of anilines is 1. The summed E-state index contributed by atoms with van der Waals surface area (Å²) in [6.45, 7) is 3.47. The van der Waals surface area contributed by atoms with E-state index in [1.54, 1.807) is 6.92 Å². The lowest BCUT2D eigenvalue weighted by Gasteiger charge is -2.39. The van der Waals surface area contributed by atoms with Crippen LogP contribution >= 0.6 is 11.6 Å². The summed E-state index contributed by atoms with van der Waals surface area (Å²) in [5.74, 6) is 0.180. The first-order chi connectivity index (χ1) is 16.8. The van der Waals surface area contributed by atoms with Crippen LogP contribution in [0, 0.1) is 6.92 Å². The van der Waals surface area contributed by atoms with Crippen LogP contribution in [-0.2, 0) is 11.2 Å². The van der Waals surface area contributed by atoms with Gasteiger partial charge in [0.25, 0.3) is 5.91 Å². The highest BCUT2D eigenvalue weighted by Gasteiger charge is 2.40. The fourth-order valence-corrected chi connectivity index (χ4v) is 4.86. The molecule has 0 saturated carbocycles. The molecular weight excluding hydrogens is 468 g/mol. The normalized spacial score (nSPS) is 16.9. The number of benzene rings is 1. The molecule has 1 saturated heterocycles. The molecule has 0 bridgehead atoms. The number of aromatic nitrogens is 3. The Morgan fingerprint density at radius 3 is 2.80 bits per heavy atom. The highest BCUT2D eigenvalue weighted by atomic mass is 35.5. The molecule has 5 rings (SSSR count). The number of carbonyl (C=O) groups excluding carboxylic acids is 2. The van der Waals surface area contributed by atoms with E-state index in [1.165, 1.54) is 5.39 Å². The Labute approximate surface area is 207 Å². The topological polar surface area (TPSA) is 141 Å². The predicted molar refractivity (Wildman–Crippen MR) is 134 cm³/mol. The van der Waals surface area contributed by atoms with Crippen LogP contribution in [0.3, 0.4) is 0 Å². The van der Waals surface area contributed by atoms with Crippen LogP contribution in [-0.4, -0.2) is 62.8 Å². The first-order valence-electron chi connectivity index (χ1n) is 11.6. The largest absolute Gasteiger partial charge is 0.381 e. The monoisotopic (exact) mass is 494 g/mol. The van der Waals surface area contributed by atoms with Crippen molar-refractivity contribution in [2.45, 2.75) is 38.1 Å². The van der Waals surface area contributed by atoms with Crippen LogP contribution in [0.2, 0.25) is 5.15 Å². The molecule has 2 aromatic heterocycles. The molecule has 11 heteroatoms. The van der Waals surface area contributed by atoms with Crippen molar-refractivity contribution in [3.8, 4) is 0 Å². The zero-order valence-electron chi connectivity index (χ0n) is 19.4. The van der Waals surface area contributed by atoms with E-state index in [2.05, 4.69) is 36.6 Å². The summed E-state index contributed by atoms with van der Waals surface area (Å²) in [6, 6.07) is 8.13. The molecule has 4 heterocycles. The number of H-pyrrole nitrogens is 1. The molecule has 0 unspecified atom stereocenters. The van der Waals surface area contributed by atoms with Gasteiger partial charge in [-0.25, -0.2) is 9.97 Å². The Balaban J connectivity index is 1.12. The third-order valence-electron chi connectivity index (χ3n) is 6.78. The average Bonchev–Trinajstić information content (AvgIpc) is 3.44. The zero-order chi connectivity index (χ0) is 24.6. The maximum Gasteiger partial charge on any atom is 0.278 e. The number of carbonyl (C=O) groups is 2. The minimum atomic E-state index is -0.454. The standard InChI is InChI=1S/C24H27ClN8O2/c1-14-19(30-20(25)21(26)29-14)22(35)31-23-28-13-24(32-23)8-10-33(11-9-24)18(34)7-6-15-12-27-17-5-3-2-4-16(15)17/h2-5,12,27H,6-11,13H2,1H3,(H2,26,29)(H2,28,31,32,35). The van der Waals surface area contributed by atoms with Gasteiger partial charge in [0.15, 0.2) is 22.6 Å². The number of guanidine groups is 1. The molecule has 0 radical (unpaired) electrons. The van der Waals surface area contributed by atoms with Crippen molar-refractivity contribution in [1.82, 2.24) is 30.5 Å². The molecule has 2 aliphatic heterocycles. The van der Waals surface area contributed by atoms with E-state index in [1.807, 2.05) is 29.3 Å². The fourth-order valence-electron chi connectivity index (χ4n) is 4.73. The summed E-state index contributed by atoms with van der Waals surface area (Å²) in [6.07, 6.45) is 4.68. The molecule has 0 atom stereocenters. The molecule has 5 N–H and O–H groups in total. The van der Waals surface area contributed by atoms with E-state index in [4.69, 9.17) is 17.3 Å². The number of amides is 2. The maximum absolute atomic E-state index is 12.9. The minimum absolute atomic E-state index is 0.0136. The van der Waals surface area contributed by atoms with E-state index in [9.17, 15) is 9.59 Å². The van der Waals surface area contributed by atoms with E-state index < -0.39 is 5.91 Å². The van der Waals surface area contributed by atoms with Gasteiger partial charge in [-0.2, -0.15) is 0 Å². The van der Waals surface area contributed by atoms with E-state index in [-0.39, 0.29) is 28.1 Å². The second kappa shape index (κ2) is 9.18. The number of aryl methyl sites for hydroxylation is 2. The quantitative estimate of drug-likeness (QED) is 0.438. The molecule has 2 amide bonds. The first-order valence-corrected chi connectivity index (χ1v) is 12.0. The molecule has 1 aromatic carbocycles. The van der Waals surface area contributed by atoms with Crippen molar-refractivity contribution in [2.75, 3.05) is 25.4 Å². The number of piperidine rings is 1. The highest BCUT2D eigenvalue weighted by Crippen LogP contribution is 2.27. The van der Waals surface area contributed by atoms with E-state index in [0.717, 1.165) is 23.9 Å². The van der Waals surface area contributed by atoms with Crippen LogP contribution < -0.4 is 16.4 Å². The van der Waals surface area contributed by atoms with Crippen molar-refractivity contribution in [1.29, 1.82) is 0 Å². The second-order valence-electron chi connectivity index (χ2n) is 9.10. The number of hydrogen-bond acceptors (Lipinski definition) is 7. The molecule has 182 valence electrons. The van der Waals surface area contributed by atoms with Crippen molar-refractivity contribution in [3.05, 3.63) is 52.6 Å². The number of halogens is 1. The fraction of sp³-hybridized carbons (Fsp3) is 0.375.